The van der Waals surface area contributed by atoms with E-state index in [1.54, 1.807) is 6.07 Å². The molecule has 5 heteroatoms. The summed E-state index contributed by atoms with van der Waals surface area (Å²) in [6.07, 6.45) is -0.705. The summed E-state index contributed by atoms with van der Waals surface area (Å²) in [5, 5.41) is 3.38. The summed E-state index contributed by atoms with van der Waals surface area (Å²) in [7, 11) is 0. The van der Waals surface area contributed by atoms with Crippen molar-refractivity contribution in [2.24, 2.45) is 5.41 Å². The third kappa shape index (κ3) is 3.40. The number of benzene rings is 1. The Balaban J connectivity index is 1.65. The molecule has 1 aromatic rings. The van der Waals surface area contributed by atoms with Gasteiger partial charge in [0.1, 0.15) is 0 Å². The van der Waals surface area contributed by atoms with E-state index in [-0.39, 0.29) is 0 Å². The molecule has 1 spiro atoms. The molecule has 0 bridgehead atoms. The number of alkyl halides is 3. The first-order valence-corrected chi connectivity index (χ1v) is 7.56. The summed E-state index contributed by atoms with van der Waals surface area (Å²) in [6, 6.07) is 5.73. The summed E-state index contributed by atoms with van der Waals surface area (Å²) in [6.45, 7) is 4.77. The van der Waals surface area contributed by atoms with E-state index < -0.39 is 11.7 Å². The van der Waals surface area contributed by atoms with Gasteiger partial charge in [0.2, 0.25) is 0 Å². The van der Waals surface area contributed by atoms with Crippen molar-refractivity contribution in [2.75, 3.05) is 26.2 Å². The Morgan fingerprint density at radius 1 is 1.14 bits per heavy atom. The van der Waals surface area contributed by atoms with Crippen molar-refractivity contribution in [2.45, 2.75) is 32.0 Å². The smallest absolute Gasteiger partial charge is 0.317 e. The van der Waals surface area contributed by atoms with E-state index >= 15 is 0 Å². The summed E-state index contributed by atoms with van der Waals surface area (Å²) in [5.41, 5.74) is 0.610. The van der Waals surface area contributed by atoms with Gasteiger partial charge in [0.15, 0.2) is 0 Å². The summed E-state index contributed by atoms with van der Waals surface area (Å²) in [5.74, 6) is 0. The van der Waals surface area contributed by atoms with Crippen LogP contribution in [0.25, 0.3) is 0 Å². The van der Waals surface area contributed by atoms with Gasteiger partial charge in [0, 0.05) is 13.1 Å². The van der Waals surface area contributed by atoms with Crippen LogP contribution in [0.15, 0.2) is 24.3 Å². The Kier molecular flexibility index (Phi) is 3.97. The summed E-state index contributed by atoms with van der Waals surface area (Å²) < 4.78 is 38.2. The zero-order valence-corrected chi connectivity index (χ0v) is 12.0. The van der Waals surface area contributed by atoms with Crippen molar-refractivity contribution in [1.29, 1.82) is 0 Å². The quantitative estimate of drug-likeness (QED) is 0.901. The number of likely N-dealkylation sites (tertiary alicyclic amines) is 1. The SMILES string of the molecule is FC(F)(F)c1cccc(CN2CCC3(CCNCC3)C2)c1. The van der Waals surface area contributed by atoms with E-state index in [2.05, 4.69) is 10.2 Å². The minimum absolute atomic E-state index is 0.396. The zero-order chi connectivity index (χ0) is 14.9. The number of halogens is 3. The molecule has 1 aromatic carbocycles. The number of piperidine rings is 1. The predicted octanol–water partition coefficient (Wildman–Crippen LogP) is 3.28. The number of hydrogen-bond acceptors (Lipinski definition) is 2. The number of nitrogens with one attached hydrogen (secondary N) is 1. The number of hydrogen-bond donors (Lipinski definition) is 1. The van der Waals surface area contributed by atoms with Crippen molar-refractivity contribution < 1.29 is 13.2 Å². The monoisotopic (exact) mass is 298 g/mol. The van der Waals surface area contributed by atoms with Crippen LogP contribution in [0.4, 0.5) is 13.2 Å². The van der Waals surface area contributed by atoms with Gasteiger partial charge in [-0.3, -0.25) is 4.90 Å². The van der Waals surface area contributed by atoms with Crippen LogP contribution in [0.5, 0.6) is 0 Å². The molecule has 1 N–H and O–H groups in total. The van der Waals surface area contributed by atoms with Crippen molar-refractivity contribution >= 4 is 0 Å². The highest BCUT2D eigenvalue weighted by Crippen LogP contribution is 2.39. The lowest BCUT2D eigenvalue weighted by atomic mass is 9.78. The van der Waals surface area contributed by atoms with Crippen LogP contribution in [0.1, 0.15) is 30.4 Å². The van der Waals surface area contributed by atoms with Crippen LogP contribution >= 0.6 is 0 Å². The van der Waals surface area contributed by atoms with Gasteiger partial charge in [-0.25, -0.2) is 0 Å². The molecule has 2 heterocycles. The molecule has 21 heavy (non-hydrogen) atoms. The molecule has 2 fully saturated rings. The molecule has 2 saturated heterocycles. The first-order chi connectivity index (χ1) is 9.97. The Bertz CT molecular complexity index is 493. The highest BCUT2D eigenvalue weighted by Gasteiger charge is 2.38. The average molecular weight is 298 g/mol. The Morgan fingerprint density at radius 2 is 1.90 bits per heavy atom. The molecule has 0 aliphatic carbocycles. The molecular weight excluding hydrogens is 277 g/mol. The molecule has 0 aromatic heterocycles. The molecule has 0 amide bonds. The molecule has 116 valence electrons. The van der Waals surface area contributed by atoms with Gasteiger partial charge in [-0.1, -0.05) is 18.2 Å². The van der Waals surface area contributed by atoms with Crippen molar-refractivity contribution in [3.05, 3.63) is 35.4 Å². The molecule has 0 radical (unpaired) electrons. The highest BCUT2D eigenvalue weighted by atomic mass is 19.4. The van der Waals surface area contributed by atoms with Gasteiger partial charge in [-0.15, -0.1) is 0 Å². The topological polar surface area (TPSA) is 15.3 Å². The summed E-state index contributed by atoms with van der Waals surface area (Å²) >= 11 is 0. The van der Waals surface area contributed by atoms with Crippen LogP contribution in [0, 0.1) is 5.41 Å². The van der Waals surface area contributed by atoms with Crippen molar-refractivity contribution in [1.82, 2.24) is 10.2 Å². The fraction of sp³-hybridized carbons (Fsp3) is 0.625. The highest BCUT2D eigenvalue weighted by molar-refractivity contribution is 5.25. The van der Waals surface area contributed by atoms with Crippen LogP contribution < -0.4 is 5.32 Å². The molecule has 0 saturated carbocycles. The maximum Gasteiger partial charge on any atom is 0.416 e. The van der Waals surface area contributed by atoms with Gasteiger partial charge in [0.05, 0.1) is 5.56 Å². The third-order valence-electron chi connectivity index (χ3n) is 4.84. The predicted molar refractivity (Wildman–Crippen MR) is 75.9 cm³/mol. The third-order valence-corrected chi connectivity index (χ3v) is 4.84. The molecule has 0 atom stereocenters. The lowest BCUT2D eigenvalue weighted by Crippen LogP contribution is -2.38. The van der Waals surface area contributed by atoms with E-state index in [4.69, 9.17) is 0 Å². The second-order valence-electron chi connectivity index (χ2n) is 6.41. The van der Waals surface area contributed by atoms with E-state index in [0.29, 0.717) is 12.0 Å². The summed E-state index contributed by atoms with van der Waals surface area (Å²) in [4.78, 5) is 2.31. The van der Waals surface area contributed by atoms with Crippen LogP contribution in [-0.4, -0.2) is 31.1 Å². The van der Waals surface area contributed by atoms with Gasteiger partial charge in [0.25, 0.3) is 0 Å². The van der Waals surface area contributed by atoms with Crippen LogP contribution in [0.2, 0.25) is 0 Å². The normalized spacial score (nSPS) is 22.8. The van der Waals surface area contributed by atoms with Gasteiger partial charge >= 0.3 is 6.18 Å². The molecule has 2 nitrogen and oxygen atoms in total. The lowest BCUT2D eigenvalue weighted by Gasteiger charge is -2.34. The van der Waals surface area contributed by atoms with E-state index in [0.717, 1.165) is 37.8 Å². The fourth-order valence-electron chi connectivity index (χ4n) is 3.63. The fourth-order valence-corrected chi connectivity index (χ4v) is 3.63. The maximum absolute atomic E-state index is 12.7. The van der Waals surface area contributed by atoms with E-state index in [1.165, 1.54) is 31.4 Å². The Labute approximate surface area is 123 Å². The second-order valence-corrected chi connectivity index (χ2v) is 6.41. The van der Waals surface area contributed by atoms with Crippen molar-refractivity contribution in [3.8, 4) is 0 Å². The largest absolute Gasteiger partial charge is 0.416 e. The first-order valence-electron chi connectivity index (χ1n) is 7.56. The Hall–Kier alpha value is -1.07. The van der Waals surface area contributed by atoms with Crippen LogP contribution in [0.3, 0.4) is 0 Å². The average Bonchev–Trinajstić information content (AvgIpc) is 2.81. The van der Waals surface area contributed by atoms with E-state index in [9.17, 15) is 13.2 Å². The molecule has 2 aliphatic rings. The van der Waals surface area contributed by atoms with Crippen LogP contribution in [-0.2, 0) is 12.7 Å². The molecule has 2 aliphatic heterocycles. The molecular formula is C16H21F3N2. The number of nitrogens with zero attached hydrogens (tertiary/aromatic N) is 1. The maximum atomic E-state index is 12.7. The Morgan fingerprint density at radius 3 is 2.62 bits per heavy atom. The zero-order valence-electron chi connectivity index (χ0n) is 12.0. The lowest BCUT2D eigenvalue weighted by molar-refractivity contribution is -0.137. The second kappa shape index (κ2) is 5.61. The molecule has 0 unspecified atom stereocenters. The van der Waals surface area contributed by atoms with Gasteiger partial charge in [-0.05, 0) is 55.9 Å². The van der Waals surface area contributed by atoms with Crippen molar-refractivity contribution in [3.63, 3.8) is 0 Å². The minimum Gasteiger partial charge on any atom is -0.317 e. The van der Waals surface area contributed by atoms with E-state index in [1.807, 2.05) is 0 Å². The molecule has 3 rings (SSSR count). The number of rotatable bonds is 2. The minimum atomic E-state index is -4.25. The first kappa shape index (κ1) is 14.9. The standard InChI is InChI=1S/C16H21F3N2/c17-16(18,19)14-3-1-2-13(10-14)11-21-9-6-15(12-21)4-7-20-8-5-15/h1-3,10,20H,4-9,11-12H2. The van der Waals surface area contributed by atoms with Gasteiger partial charge in [-0.2, -0.15) is 13.2 Å². The van der Waals surface area contributed by atoms with Gasteiger partial charge < -0.3 is 5.32 Å².